The average Bonchev–Trinajstić information content (AvgIpc) is 2.57. The largest absolute Gasteiger partial charge is 0.481 e. The molecule has 0 spiro atoms. The average molecular weight is 372 g/mol. The molecule has 1 aromatic rings. The fraction of sp³-hybridized carbons (Fsp3) is 0.400. The second-order valence-corrected chi connectivity index (χ2v) is 6.02. The van der Waals surface area contributed by atoms with Gasteiger partial charge in [-0.2, -0.15) is 11.8 Å². The number of urea groups is 1. The zero-order valence-electron chi connectivity index (χ0n) is 13.9. The predicted molar refractivity (Wildman–Crippen MR) is 92.3 cm³/mol. The highest BCUT2D eigenvalue weighted by atomic mass is 32.2. The maximum atomic E-state index is 12.8. The molecule has 0 aliphatic carbocycles. The van der Waals surface area contributed by atoms with Crippen molar-refractivity contribution >= 4 is 29.6 Å². The number of amides is 4. The Labute approximate surface area is 149 Å². The van der Waals surface area contributed by atoms with Gasteiger partial charge in [-0.15, -0.1) is 0 Å². The molecule has 0 aliphatic rings. The van der Waals surface area contributed by atoms with E-state index in [1.165, 1.54) is 43.0 Å². The van der Waals surface area contributed by atoms with Crippen LogP contribution in [0.3, 0.4) is 0 Å². The summed E-state index contributed by atoms with van der Waals surface area (Å²) < 4.78 is 18.2. The van der Waals surface area contributed by atoms with Crippen molar-refractivity contribution in [1.29, 1.82) is 0 Å². The molecule has 0 aromatic heterocycles. The van der Waals surface area contributed by atoms with Crippen molar-refractivity contribution in [2.45, 2.75) is 25.5 Å². The molecular formula is C15H21FN4O4S. The van der Waals surface area contributed by atoms with Crippen LogP contribution in [0.15, 0.2) is 24.3 Å². The van der Waals surface area contributed by atoms with Crippen molar-refractivity contribution < 1.29 is 23.5 Å². The number of primary amides is 1. The van der Waals surface area contributed by atoms with Crippen molar-refractivity contribution in [3.8, 4) is 5.75 Å². The smallest absolute Gasteiger partial charge is 0.312 e. The van der Waals surface area contributed by atoms with E-state index in [9.17, 15) is 18.8 Å². The third-order valence-electron chi connectivity index (χ3n) is 3.05. The molecule has 138 valence electrons. The van der Waals surface area contributed by atoms with Gasteiger partial charge in [0.25, 0.3) is 11.8 Å². The zero-order valence-corrected chi connectivity index (χ0v) is 14.7. The van der Waals surface area contributed by atoms with Crippen LogP contribution >= 0.6 is 11.8 Å². The summed E-state index contributed by atoms with van der Waals surface area (Å²) in [6.45, 7) is 1.47. The lowest BCUT2D eigenvalue weighted by Gasteiger charge is -2.19. The summed E-state index contributed by atoms with van der Waals surface area (Å²) in [6.07, 6.45) is 1.28. The Hall–Kier alpha value is -2.49. The molecule has 2 atom stereocenters. The van der Waals surface area contributed by atoms with Crippen molar-refractivity contribution in [2.24, 2.45) is 5.73 Å². The van der Waals surface area contributed by atoms with Gasteiger partial charge in [-0.1, -0.05) is 0 Å². The molecule has 1 rings (SSSR count). The van der Waals surface area contributed by atoms with Crippen LogP contribution in [0, 0.1) is 5.82 Å². The number of hydrazine groups is 1. The van der Waals surface area contributed by atoms with Gasteiger partial charge < -0.3 is 15.8 Å². The Morgan fingerprint density at radius 3 is 2.36 bits per heavy atom. The summed E-state index contributed by atoms with van der Waals surface area (Å²) in [5.74, 6) is -0.703. The van der Waals surface area contributed by atoms with E-state index in [0.717, 1.165) is 0 Å². The SMILES string of the molecule is CSCC[C@@H](NC(N)=O)C(=O)NNC(=O)[C@@H](C)Oc1ccc(F)cc1. The van der Waals surface area contributed by atoms with Crippen LogP contribution in [-0.4, -0.2) is 42.0 Å². The van der Waals surface area contributed by atoms with E-state index in [1.54, 1.807) is 0 Å². The normalized spacial score (nSPS) is 12.6. The number of nitrogens with one attached hydrogen (secondary N) is 3. The van der Waals surface area contributed by atoms with Crippen LogP contribution in [0.1, 0.15) is 13.3 Å². The van der Waals surface area contributed by atoms with Gasteiger partial charge in [-0.05, 0) is 49.6 Å². The highest BCUT2D eigenvalue weighted by Gasteiger charge is 2.21. The van der Waals surface area contributed by atoms with E-state index in [1.807, 2.05) is 6.26 Å². The van der Waals surface area contributed by atoms with Crippen molar-refractivity contribution in [3.63, 3.8) is 0 Å². The van der Waals surface area contributed by atoms with Gasteiger partial charge >= 0.3 is 6.03 Å². The first kappa shape index (κ1) is 20.6. The number of hydrogen-bond donors (Lipinski definition) is 4. The van der Waals surface area contributed by atoms with E-state index in [0.29, 0.717) is 17.9 Å². The molecule has 0 saturated carbocycles. The van der Waals surface area contributed by atoms with Crippen molar-refractivity contribution in [1.82, 2.24) is 16.2 Å². The molecule has 0 aliphatic heterocycles. The minimum Gasteiger partial charge on any atom is -0.481 e. The number of nitrogens with two attached hydrogens (primary N) is 1. The molecule has 4 amide bonds. The van der Waals surface area contributed by atoms with Gasteiger partial charge in [-0.3, -0.25) is 20.4 Å². The minimum atomic E-state index is -0.931. The monoisotopic (exact) mass is 372 g/mol. The highest BCUT2D eigenvalue weighted by molar-refractivity contribution is 7.98. The van der Waals surface area contributed by atoms with E-state index in [-0.39, 0.29) is 0 Å². The summed E-state index contributed by atoms with van der Waals surface area (Å²) in [4.78, 5) is 34.9. The van der Waals surface area contributed by atoms with Gasteiger partial charge in [0, 0.05) is 0 Å². The fourth-order valence-electron chi connectivity index (χ4n) is 1.76. The van der Waals surface area contributed by atoms with Crippen molar-refractivity contribution in [2.75, 3.05) is 12.0 Å². The molecule has 0 radical (unpaired) electrons. The second-order valence-electron chi connectivity index (χ2n) is 5.04. The molecule has 0 heterocycles. The summed E-state index contributed by atoms with van der Waals surface area (Å²) in [7, 11) is 0. The predicted octanol–water partition coefficient (Wildman–Crippen LogP) is 0.530. The van der Waals surface area contributed by atoms with E-state index in [4.69, 9.17) is 10.5 Å². The van der Waals surface area contributed by atoms with Crippen LogP contribution in [0.2, 0.25) is 0 Å². The van der Waals surface area contributed by atoms with Gasteiger partial charge in [0.15, 0.2) is 6.10 Å². The lowest BCUT2D eigenvalue weighted by atomic mass is 10.2. The Balaban J connectivity index is 2.50. The zero-order chi connectivity index (χ0) is 18.8. The number of carbonyl (C=O) groups excluding carboxylic acids is 3. The number of rotatable bonds is 8. The molecule has 0 fully saturated rings. The maximum Gasteiger partial charge on any atom is 0.312 e. The van der Waals surface area contributed by atoms with Crippen LogP contribution in [0.4, 0.5) is 9.18 Å². The van der Waals surface area contributed by atoms with E-state index < -0.39 is 35.8 Å². The lowest BCUT2D eigenvalue weighted by molar-refractivity contribution is -0.133. The van der Waals surface area contributed by atoms with Gasteiger partial charge in [0.05, 0.1) is 0 Å². The third kappa shape index (κ3) is 7.75. The number of halogens is 1. The molecule has 5 N–H and O–H groups in total. The summed E-state index contributed by atoms with van der Waals surface area (Å²) in [5.41, 5.74) is 9.45. The second kappa shape index (κ2) is 10.4. The topological polar surface area (TPSA) is 123 Å². The molecule has 10 heteroatoms. The Morgan fingerprint density at radius 1 is 1.20 bits per heavy atom. The molecule has 25 heavy (non-hydrogen) atoms. The quantitative estimate of drug-likeness (QED) is 0.496. The lowest BCUT2D eigenvalue weighted by Crippen LogP contribution is -2.55. The Kier molecular flexibility index (Phi) is 8.54. The van der Waals surface area contributed by atoms with Gasteiger partial charge in [0.2, 0.25) is 0 Å². The summed E-state index contributed by atoms with van der Waals surface area (Å²) in [6, 6.07) is 3.47. The third-order valence-corrected chi connectivity index (χ3v) is 3.69. The number of carbonyl (C=O) groups is 3. The molecule has 0 unspecified atom stereocenters. The molecule has 8 nitrogen and oxygen atoms in total. The first-order valence-corrected chi connectivity index (χ1v) is 8.79. The standard InChI is InChI=1S/C15H21FN4O4S/c1-9(24-11-5-3-10(16)4-6-11)13(21)19-20-14(22)12(7-8-25-2)18-15(17)23/h3-6,9,12H,7-8H2,1-2H3,(H,19,21)(H,20,22)(H3,17,18,23)/t9-,12-/m1/s1. The number of hydrogen-bond acceptors (Lipinski definition) is 5. The molecular weight excluding hydrogens is 351 g/mol. The minimum absolute atomic E-state index is 0.309. The molecule has 0 saturated heterocycles. The molecule has 0 bridgehead atoms. The van der Waals surface area contributed by atoms with Crippen molar-refractivity contribution in [3.05, 3.63) is 30.1 Å². The molecule has 1 aromatic carbocycles. The highest BCUT2D eigenvalue weighted by Crippen LogP contribution is 2.12. The van der Waals surface area contributed by atoms with Crippen LogP contribution in [-0.2, 0) is 9.59 Å². The first-order valence-electron chi connectivity index (χ1n) is 7.40. The summed E-state index contributed by atoms with van der Waals surface area (Å²) in [5, 5.41) is 2.31. The first-order chi connectivity index (χ1) is 11.8. The van der Waals surface area contributed by atoms with Crippen LogP contribution in [0.5, 0.6) is 5.75 Å². The van der Waals surface area contributed by atoms with Gasteiger partial charge in [-0.25, -0.2) is 9.18 Å². The van der Waals surface area contributed by atoms with E-state index >= 15 is 0 Å². The maximum absolute atomic E-state index is 12.8. The number of ether oxygens (including phenoxy) is 1. The van der Waals surface area contributed by atoms with Crippen LogP contribution in [0.25, 0.3) is 0 Å². The Morgan fingerprint density at radius 2 is 1.80 bits per heavy atom. The fourth-order valence-corrected chi connectivity index (χ4v) is 2.23. The number of thioether (sulfide) groups is 1. The Bertz CT molecular complexity index is 600. The summed E-state index contributed by atoms with van der Waals surface area (Å²) >= 11 is 1.50. The van der Waals surface area contributed by atoms with E-state index in [2.05, 4.69) is 16.2 Å². The number of benzene rings is 1. The van der Waals surface area contributed by atoms with Crippen LogP contribution < -0.4 is 26.6 Å². The van der Waals surface area contributed by atoms with Gasteiger partial charge in [0.1, 0.15) is 17.6 Å².